The summed E-state index contributed by atoms with van der Waals surface area (Å²) in [6, 6.07) is 3.25. The lowest BCUT2D eigenvalue weighted by molar-refractivity contribution is 0.522. The maximum atomic E-state index is 4.43. The molecule has 0 amide bonds. The molecule has 18 heavy (non-hydrogen) atoms. The van der Waals surface area contributed by atoms with Gasteiger partial charge in [-0.3, -0.25) is 0 Å². The van der Waals surface area contributed by atoms with Gasteiger partial charge in [-0.15, -0.1) is 0 Å². The van der Waals surface area contributed by atoms with Gasteiger partial charge in [0, 0.05) is 36.9 Å². The number of aromatic nitrogens is 2. The fourth-order valence-electron chi connectivity index (χ4n) is 2.46. The van der Waals surface area contributed by atoms with E-state index in [4.69, 9.17) is 0 Å². The number of aryl methyl sites for hydroxylation is 1. The van der Waals surface area contributed by atoms with Gasteiger partial charge in [-0.1, -0.05) is 20.8 Å². The van der Waals surface area contributed by atoms with Gasteiger partial charge in [-0.2, -0.15) is 0 Å². The highest BCUT2D eigenvalue weighted by molar-refractivity contribution is 5.41. The molecule has 0 spiro atoms. The summed E-state index contributed by atoms with van der Waals surface area (Å²) in [5.41, 5.74) is 1.13. The second-order valence-electron chi connectivity index (χ2n) is 5.27. The van der Waals surface area contributed by atoms with Crippen LogP contribution in [0.25, 0.3) is 0 Å². The Labute approximate surface area is 110 Å². The summed E-state index contributed by atoms with van der Waals surface area (Å²) in [6.45, 7) is 8.68. The second kappa shape index (κ2) is 6.14. The summed E-state index contributed by atoms with van der Waals surface area (Å²) in [7, 11) is 0. The Kier molecular flexibility index (Phi) is 4.53. The first-order chi connectivity index (χ1) is 8.70. The zero-order chi connectivity index (χ0) is 13.0. The fourth-order valence-corrected chi connectivity index (χ4v) is 2.46. The Morgan fingerprint density at radius 3 is 3.00 bits per heavy atom. The monoisotopic (exact) mass is 248 g/mol. The summed E-state index contributed by atoms with van der Waals surface area (Å²) < 4.78 is 0. The van der Waals surface area contributed by atoms with E-state index in [9.17, 15) is 0 Å². The maximum absolute atomic E-state index is 4.43. The minimum atomic E-state index is 0.545. The van der Waals surface area contributed by atoms with Crippen LogP contribution in [0.5, 0.6) is 0 Å². The van der Waals surface area contributed by atoms with Gasteiger partial charge in [0.05, 0.1) is 0 Å². The van der Waals surface area contributed by atoms with Gasteiger partial charge in [0.25, 0.3) is 0 Å². The van der Waals surface area contributed by atoms with E-state index in [1.54, 1.807) is 6.33 Å². The fraction of sp³-hybridized carbons (Fsp3) is 0.714. The van der Waals surface area contributed by atoms with Gasteiger partial charge in [-0.25, -0.2) is 9.97 Å². The Morgan fingerprint density at radius 2 is 2.28 bits per heavy atom. The highest BCUT2D eigenvalue weighted by atomic mass is 15.2. The molecule has 0 bridgehead atoms. The van der Waals surface area contributed by atoms with Crippen LogP contribution in [0.3, 0.4) is 0 Å². The molecular weight excluding hydrogens is 224 g/mol. The summed E-state index contributed by atoms with van der Waals surface area (Å²) >= 11 is 0. The summed E-state index contributed by atoms with van der Waals surface area (Å²) in [4.78, 5) is 11.1. The third-order valence-corrected chi connectivity index (χ3v) is 3.50. The number of nitrogens with zero attached hydrogens (tertiary/aromatic N) is 3. The lowest BCUT2D eigenvalue weighted by atomic mass is 10.2. The van der Waals surface area contributed by atoms with E-state index in [1.807, 2.05) is 0 Å². The first kappa shape index (κ1) is 13.3. The van der Waals surface area contributed by atoms with Crippen molar-refractivity contribution in [1.29, 1.82) is 0 Å². The number of nitrogens with one attached hydrogen (secondary N) is 1. The second-order valence-corrected chi connectivity index (χ2v) is 5.27. The Balaban J connectivity index is 2.05. The molecule has 4 heteroatoms. The molecule has 0 saturated carbocycles. The Hall–Kier alpha value is -1.16. The van der Waals surface area contributed by atoms with Crippen LogP contribution in [0.4, 0.5) is 5.82 Å². The third kappa shape index (κ3) is 3.19. The van der Waals surface area contributed by atoms with E-state index in [1.165, 1.54) is 12.8 Å². The molecule has 1 fully saturated rings. The standard InChI is InChI=1S/C14H24N4/c1-4-12-8-14(17-10-16-12)18-7-5-6-13(18)9-15-11(2)3/h8,10-11,13,15H,4-7,9H2,1-3H3. The molecule has 4 nitrogen and oxygen atoms in total. The van der Waals surface area contributed by atoms with Crippen molar-refractivity contribution in [2.24, 2.45) is 0 Å². The summed E-state index contributed by atoms with van der Waals surface area (Å²) in [6.07, 6.45) is 5.18. The third-order valence-electron chi connectivity index (χ3n) is 3.50. The molecule has 1 aliphatic heterocycles. The lowest BCUT2D eigenvalue weighted by Gasteiger charge is -2.27. The Bertz CT molecular complexity index is 378. The number of rotatable bonds is 5. The molecule has 0 radical (unpaired) electrons. The molecular formula is C14H24N4. The van der Waals surface area contributed by atoms with E-state index in [-0.39, 0.29) is 0 Å². The van der Waals surface area contributed by atoms with Crippen LogP contribution >= 0.6 is 0 Å². The van der Waals surface area contributed by atoms with Gasteiger partial charge in [0.1, 0.15) is 12.1 Å². The normalized spacial score (nSPS) is 19.8. The van der Waals surface area contributed by atoms with Crippen molar-refractivity contribution >= 4 is 5.82 Å². The number of hydrogen-bond donors (Lipinski definition) is 1. The average molecular weight is 248 g/mol. The van der Waals surface area contributed by atoms with Crippen molar-refractivity contribution in [2.45, 2.75) is 52.1 Å². The molecule has 1 aliphatic rings. The number of anilines is 1. The molecule has 1 aromatic heterocycles. The van der Waals surface area contributed by atoms with Crippen LogP contribution in [0, 0.1) is 0 Å². The van der Waals surface area contributed by atoms with Crippen LogP contribution in [0.2, 0.25) is 0 Å². The molecule has 1 unspecified atom stereocenters. The predicted octanol–water partition coefficient (Wildman–Crippen LogP) is 2.01. The van der Waals surface area contributed by atoms with E-state index in [0.717, 1.165) is 31.0 Å². The molecule has 0 aliphatic carbocycles. The summed E-state index contributed by atoms with van der Waals surface area (Å²) in [5, 5.41) is 3.53. The largest absolute Gasteiger partial charge is 0.352 e. The van der Waals surface area contributed by atoms with Crippen molar-refractivity contribution in [3.05, 3.63) is 18.1 Å². The lowest BCUT2D eigenvalue weighted by Crippen LogP contribution is -2.40. The van der Waals surface area contributed by atoms with E-state index in [2.05, 4.69) is 47.0 Å². The molecule has 1 N–H and O–H groups in total. The topological polar surface area (TPSA) is 41.0 Å². The zero-order valence-corrected chi connectivity index (χ0v) is 11.7. The average Bonchev–Trinajstić information content (AvgIpc) is 2.84. The predicted molar refractivity (Wildman–Crippen MR) is 74.9 cm³/mol. The Morgan fingerprint density at radius 1 is 1.44 bits per heavy atom. The van der Waals surface area contributed by atoms with Crippen LogP contribution in [0.1, 0.15) is 39.3 Å². The van der Waals surface area contributed by atoms with Gasteiger partial charge in [0.15, 0.2) is 0 Å². The molecule has 1 aromatic rings. The van der Waals surface area contributed by atoms with Crippen molar-refractivity contribution < 1.29 is 0 Å². The van der Waals surface area contributed by atoms with Crippen LogP contribution in [-0.2, 0) is 6.42 Å². The van der Waals surface area contributed by atoms with Gasteiger partial charge >= 0.3 is 0 Å². The van der Waals surface area contributed by atoms with Gasteiger partial charge in [-0.05, 0) is 19.3 Å². The van der Waals surface area contributed by atoms with Gasteiger partial charge < -0.3 is 10.2 Å². The van der Waals surface area contributed by atoms with Crippen molar-refractivity contribution in [1.82, 2.24) is 15.3 Å². The SMILES string of the molecule is CCc1cc(N2CCCC2CNC(C)C)ncn1. The summed E-state index contributed by atoms with van der Waals surface area (Å²) in [5.74, 6) is 1.09. The minimum Gasteiger partial charge on any atom is -0.352 e. The molecule has 100 valence electrons. The zero-order valence-electron chi connectivity index (χ0n) is 11.7. The molecule has 2 heterocycles. The van der Waals surface area contributed by atoms with Crippen LogP contribution in [0.15, 0.2) is 12.4 Å². The molecule has 2 rings (SSSR count). The highest BCUT2D eigenvalue weighted by Crippen LogP contribution is 2.23. The quantitative estimate of drug-likeness (QED) is 0.865. The molecule has 1 atom stereocenters. The van der Waals surface area contributed by atoms with E-state index < -0.39 is 0 Å². The number of hydrogen-bond acceptors (Lipinski definition) is 4. The molecule has 0 aromatic carbocycles. The van der Waals surface area contributed by atoms with E-state index >= 15 is 0 Å². The van der Waals surface area contributed by atoms with Crippen molar-refractivity contribution in [3.8, 4) is 0 Å². The van der Waals surface area contributed by atoms with Crippen LogP contribution < -0.4 is 10.2 Å². The first-order valence-corrected chi connectivity index (χ1v) is 7.01. The van der Waals surface area contributed by atoms with E-state index in [0.29, 0.717) is 12.1 Å². The smallest absolute Gasteiger partial charge is 0.132 e. The first-order valence-electron chi connectivity index (χ1n) is 7.01. The maximum Gasteiger partial charge on any atom is 0.132 e. The van der Waals surface area contributed by atoms with Crippen molar-refractivity contribution in [3.63, 3.8) is 0 Å². The highest BCUT2D eigenvalue weighted by Gasteiger charge is 2.25. The van der Waals surface area contributed by atoms with Gasteiger partial charge in [0.2, 0.25) is 0 Å². The molecule has 1 saturated heterocycles. The van der Waals surface area contributed by atoms with Crippen molar-refractivity contribution in [2.75, 3.05) is 18.0 Å². The minimum absolute atomic E-state index is 0.545. The van der Waals surface area contributed by atoms with Crippen LogP contribution in [-0.4, -0.2) is 35.1 Å².